The highest BCUT2D eigenvalue weighted by molar-refractivity contribution is 5.86. The second-order valence-corrected chi connectivity index (χ2v) is 4.46. The first-order chi connectivity index (χ1) is 10.7. The average Bonchev–Trinajstić information content (AvgIpc) is 2.58. The number of pyridine rings is 1. The maximum Gasteiger partial charge on any atom is 0.407 e. The molecule has 1 heterocycles. The van der Waals surface area contributed by atoms with E-state index >= 15 is 0 Å². The number of hydrogen-bond acceptors (Lipinski definition) is 5. The second-order valence-electron chi connectivity index (χ2n) is 4.46. The number of nitrogens with zero attached hydrogens (tertiary/aromatic N) is 1. The van der Waals surface area contributed by atoms with Crippen LogP contribution in [-0.2, 0) is 22.6 Å². The number of hydrogen-bond donors (Lipinski definition) is 1. The van der Waals surface area contributed by atoms with Crippen LogP contribution in [0, 0.1) is 0 Å². The Kier molecular flexibility index (Phi) is 5.48. The second kappa shape index (κ2) is 7.78. The van der Waals surface area contributed by atoms with E-state index in [-0.39, 0.29) is 18.8 Å². The van der Waals surface area contributed by atoms with Crippen LogP contribution in [0.25, 0.3) is 0 Å². The summed E-state index contributed by atoms with van der Waals surface area (Å²) >= 11 is 0. The number of nitrogens with one attached hydrogen (secondary N) is 1. The highest BCUT2D eigenvalue weighted by atomic mass is 16.5. The van der Waals surface area contributed by atoms with E-state index in [0.29, 0.717) is 0 Å². The lowest BCUT2D eigenvalue weighted by Gasteiger charge is -2.07. The van der Waals surface area contributed by atoms with Crippen molar-refractivity contribution in [3.63, 3.8) is 0 Å². The van der Waals surface area contributed by atoms with Gasteiger partial charge in [-0.05, 0) is 17.2 Å². The minimum atomic E-state index is -0.513. The molecule has 0 aliphatic rings. The average molecular weight is 300 g/mol. The van der Waals surface area contributed by atoms with Crippen molar-refractivity contribution in [2.45, 2.75) is 13.2 Å². The Labute approximate surface area is 128 Å². The van der Waals surface area contributed by atoms with Gasteiger partial charge in [0, 0.05) is 12.7 Å². The summed E-state index contributed by atoms with van der Waals surface area (Å²) in [5.41, 5.74) is 1.89. The van der Waals surface area contributed by atoms with E-state index in [9.17, 15) is 9.59 Å². The first-order valence-electron chi connectivity index (χ1n) is 6.67. The van der Waals surface area contributed by atoms with E-state index in [0.717, 1.165) is 11.1 Å². The largest absolute Gasteiger partial charge is 0.464 e. The summed E-state index contributed by atoms with van der Waals surface area (Å²) in [6, 6.07) is 12.6. The van der Waals surface area contributed by atoms with Crippen LogP contribution in [0.15, 0.2) is 48.7 Å². The third kappa shape index (κ3) is 4.59. The summed E-state index contributed by atoms with van der Waals surface area (Å²) in [7, 11) is 1.29. The number of ether oxygens (including phenoxy) is 2. The van der Waals surface area contributed by atoms with Gasteiger partial charge in [0.1, 0.15) is 12.3 Å². The number of benzene rings is 1. The lowest BCUT2D eigenvalue weighted by Crippen LogP contribution is -2.23. The van der Waals surface area contributed by atoms with Crippen molar-refractivity contribution < 1.29 is 19.1 Å². The molecular formula is C16H16N2O4. The maximum absolute atomic E-state index is 11.6. The fraction of sp³-hybridized carbons (Fsp3) is 0.188. The van der Waals surface area contributed by atoms with Gasteiger partial charge in [-0.25, -0.2) is 14.6 Å². The molecule has 6 nitrogen and oxygen atoms in total. The minimum absolute atomic E-state index is 0.214. The Morgan fingerprint density at radius 3 is 2.50 bits per heavy atom. The molecule has 0 fully saturated rings. The molecule has 0 saturated heterocycles. The number of carbonyl (C=O) groups is 2. The van der Waals surface area contributed by atoms with Crippen molar-refractivity contribution in [2.75, 3.05) is 7.11 Å². The summed E-state index contributed by atoms with van der Waals surface area (Å²) in [5, 5.41) is 2.61. The molecule has 0 radical (unpaired) electrons. The van der Waals surface area contributed by atoms with E-state index in [2.05, 4.69) is 15.0 Å². The molecule has 1 aromatic heterocycles. The van der Waals surface area contributed by atoms with E-state index in [1.54, 1.807) is 6.07 Å². The fourth-order valence-corrected chi connectivity index (χ4v) is 1.70. The molecule has 0 aliphatic heterocycles. The molecule has 1 aromatic carbocycles. The highest BCUT2D eigenvalue weighted by Gasteiger charge is 2.07. The quantitative estimate of drug-likeness (QED) is 0.857. The summed E-state index contributed by atoms with van der Waals surface area (Å²) in [6.07, 6.45) is 0.991. The molecule has 6 heteroatoms. The normalized spacial score (nSPS) is 9.86. The van der Waals surface area contributed by atoms with E-state index in [4.69, 9.17) is 4.74 Å². The van der Waals surface area contributed by atoms with Crippen LogP contribution >= 0.6 is 0 Å². The predicted molar refractivity (Wildman–Crippen MR) is 79.0 cm³/mol. The summed E-state index contributed by atoms with van der Waals surface area (Å²) in [5.74, 6) is -0.498. The van der Waals surface area contributed by atoms with Crippen molar-refractivity contribution >= 4 is 12.1 Å². The zero-order valence-electron chi connectivity index (χ0n) is 12.1. The molecule has 0 spiro atoms. The van der Waals surface area contributed by atoms with Crippen LogP contribution in [0.3, 0.4) is 0 Å². The van der Waals surface area contributed by atoms with Crippen LogP contribution in [0.1, 0.15) is 21.6 Å². The molecule has 0 bridgehead atoms. The van der Waals surface area contributed by atoms with Gasteiger partial charge in [0.2, 0.25) is 0 Å². The number of methoxy groups -OCH3 is 1. The monoisotopic (exact) mass is 300 g/mol. The maximum atomic E-state index is 11.6. The summed E-state index contributed by atoms with van der Waals surface area (Å²) < 4.78 is 9.64. The minimum Gasteiger partial charge on any atom is -0.464 e. The smallest absolute Gasteiger partial charge is 0.407 e. The Bertz CT molecular complexity index is 626. The van der Waals surface area contributed by atoms with E-state index in [1.807, 2.05) is 30.3 Å². The molecule has 2 rings (SSSR count). The van der Waals surface area contributed by atoms with Crippen molar-refractivity contribution in [3.05, 3.63) is 65.5 Å². The standard InChI is InChI=1S/C16H16N2O4/c1-21-15(19)14-8-7-13(9-17-14)10-18-16(20)22-11-12-5-3-2-4-6-12/h2-9H,10-11H2,1H3,(H,18,20). The molecule has 2 aromatic rings. The van der Waals surface area contributed by atoms with Crippen molar-refractivity contribution in [3.8, 4) is 0 Å². The Balaban J connectivity index is 1.77. The van der Waals surface area contributed by atoms with Crippen molar-refractivity contribution in [1.82, 2.24) is 10.3 Å². The van der Waals surface area contributed by atoms with Crippen LogP contribution in [0.5, 0.6) is 0 Å². The first kappa shape index (κ1) is 15.5. The molecule has 0 unspecified atom stereocenters. The third-order valence-corrected chi connectivity index (χ3v) is 2.87. The number of alkyl carbamates (subject to hydrolysis) is 1. The zero-order valence-corrected chi connectivity index (χ0v) is 12.1. The first-order valence-corrected chi connectivity index (χ1v) is 6.67. The third-order valence-electron chi connectivity index (χ3n) is 2.87. The molecule has 22 heavy (non-hydrogen) atoms. The molecule has 1 amide bonds. The topological polar surface area (TPSA) is 77.5 Å². The van der Waals surface area contributed by atoms with Gasteiger partial charge in [-0.1, -0.05) is 36.4 Å². The molecule has 0 atom stereocenters. The zero-order chi connectivity index (χ0) is 15.8. The van der Waals surface area contributed by atoms with Crippen molar-refractivity contribution in [1.29, 1.82) is 0 Å². The van der Waals surface area contributed by atoms with Crippen LogP contribution < -0.4 is 5.32 Å². The lowest BCUT2D eigenvalue weighted by atomic mass is 10.2. The Morgan fingerprint density at radius 2 is 1.86 bits per heavy atom. The number of aromatic nitrogens is 1. The van der Waals surface area contributed by atoms with Crippen LogP contribution in [-0.4, -0.2) is 24.2 Å². The van der Waals surface area contributed by atoms with E-state index < -0.39 is 12.1 Å². The molecule has 0 aliphatic carbocycles. The van der Waals surface area contributed by atoms with Gasteiger partial charge < -0.3 is 14.8 Å². The SMILES string of the molecule is COC(=O)c1ccc(CNC(=O)OCc2ccccc2)cn1. The molecule has 114 valence electrons. The van der Waals surface area contributed by atoms with Crippen LogP contribution in [0.2, 0.25) is 0 Å². The molecule has 0 saturated carbocycles. The van der Waals surface area contributed by atoms with Gasteiger partial charge in [0.15, 0.2) is 0 Å². The summed E-state index contributed by atoms with van der Waals surface area (Å²) in [4.78, 5) is 26.8. The van der Waals surface area contributed by atoms with Crippen molar-refractivity contribution in [2.24, 2.45) is 0 Å². The number of amides is 1. The van der Waals surface area contributed by atoms with Gasteiger partial charge in [0.25, 0.3) is 0 Å². The van der Waals surface area contributed by atoms with Gasteiger partial charge in [0.05, 0.1) is 7.11 Å². The van der Waals surface area contributed by atoms with Gasteiger partial charge in [-0.15, -0.1) is 0 Å². The molecule has 1 N–H and O–H groups in total. The van der Waals surface area contributed by atoms with Crippen LogP contribution in [0.4, 0.5) is 4.79 Å². The predicted octanol–water partition coefficient (Wildman–Crippen LogP) is 2.29. The van der Waals surface area contributed by atoms with Gasteiger partial charge in [-0.3, -0.25) is 0 Å². The Morgan fingerprint density at radius 1 is 1.09 bits per heavy atom. The fourth-order valence-electron chi connectivity index (χ4n) is 1.70. The lowest BCUT2D eigenvalue weighted by molar-refractivity contribution is 0.0594. The number of carbonyl (C=O) groups excluding carboxylic acids is 2. The highest BCUT2D eigenvalue weighted by Crippen LogP contribution is 2.03. The summed E-state index contributed by atoms with van der Waals surface area (Å²) in [6.45, 7) is 0.480. The van der Waals surface area contributed by atoms with Gasteiger partial charge in [-0.2, -0.15) is 0 Å². The molecular weight excluding hydrogens is 284 g/mol. The van der Waals surface area contributed by atoms with E-state index in [1.165, 1.54) is 19.4 Å². The Hall–Kier alpha value is -2.89. The number of rotatable bonds is 5. The number of esters is 1. The van der Waals surface area contributed by atoms with Gasteiger partial charge >= 0.3 is 12.1 Å².